The van der Waals surface area contributed by atoms with Gasteiger partial charge in [0.05, 0.1) is 23.6 Å². The summed E-state index contributed by atoms with van der Waals surface area (Å²) in [6.45, 7) is 3.93. The molecule has 6 heteroatoms. The maximum absolute atomic E-state index is 13.2. The number of hydrogen-bond acceptors (Lipinski definition) is 3. The van der Waals surface area contributed by atoms with Gasteiger partial charge >= 0.3 is 6.03 Å². The summed E-state index contributed by atoms with van der Waals surface area (Å²) in [5, 5.41) is 0. The van der Waals surface area contributed by atoms with E-state index >= 15 is 0 Å². The van der Waals surface area contributed by atoms with E-state index < -0.39 is 9.84 Å². The van der Waals surface area contributed by atoms with Crippen LogP contribution in [-0.2, 0) is 9.84 Å². The fourth-order valence-corrected chi connectivity index (χ4v) is 5.78. The Morgan fingerprint density at radius 1 is 0.840 bits per heavy atom. The first-order valence-electron chi connectivity index (χ1n) is 8.32. The van der Waals surface area contributed by atoms with E-state index in [4.69, 9.17) is 0 Å². The highest BCUT2D eigenvalue weighted by molar-refractivity contribution is 7.91. The largest absolute Gasteiger partial charge is 0.329 e. The molecule has 0 N–H and O–H groups in total. The first-order chi connectivity index (χ1) is 11.9. The number of aryl methyl sites for hydroxylation is 2. The number of benzene rings is 2. The molecule has 2 heterocycles. The number of sulfone groups is 1. The van der Waals surface area contributed by atoms with Gasteiger partial charge in [0.25, 0.3) is 0 Å². The van der Waals surface area contributed by atoms with Crippen molar-refractivity contribution in [3.8, 4) is 0 Å². The predicted octanol–water partition coefficient (Wildman–Crippen LogP) is 2.92. The number of carbonyl (C=O) groups is 1. The van der Waals surface area contributed by atoms with Crippen molar-refractivity contribution >= 4 is 27.2 Å². The Labute approximate surface area is 147 Å². The normalized spacial score (nSPS) is 24.6. The van der Waals surface area contributed by atoms with Crippen LogP contribution in [0.4, 0.5) is 16.2 Å². The van der Waals surface area contributed by atoms with E-state index in [1.54, 1.807) is 9.80 Å². The van der Waals surface area contributed by atoms with E-state index in [0.29, 0.717) is 0 Å². The average Bonchev–Trinajstić information content (AvgIpc) is 2.95. The van der Waals surface area contributed by atoms with Gasteiger partial charge in [0.2, 0.25) is 0 Å². The van der Waals surface area contributed by atoms with Crippen LogP contribution >= 0.6 is 0 Å². The number of anilines is 2. The maximum Gasteiger partial charge on any atom is 0.329 e. The average molecular weight is 356 g/mol. The molecule has 2 aliphatic rings. The number of hydrogen-bond donors (Lipinski definition) is 0. The molecule has 0 radical (unpaired) electrons. The Bertz CT molecular complexity index is 885. The summed E-state index contributed by atoms with van der Waals surface area (Å²) >= 11 is 0. The van der Waals surface area contributed by atoms with Gasteiger partial charge < -0.3 is 0 Å². The molecule has 2 fully saturated rings. The van der Waals surface area contributed by atoms with E-state index in [9.17, 15) is 13.2 Å². The van der Waals surface area contributed by atoms with Crippen molar-refractivity contribution in [3.05, 3.63) is 59.7 Å². The van der Waals surface area contributed by atoms with Gasteiger partial charge in [-0.15, -0.1) is 0 Å². The Hall–Kier alpha value is -2.34. The molecule has 25 heavy (non-hydrogen) atoms. The molecule has 4 rings (SSSR count). The van der Waals surface area contributed by atoms with Gasteiger partial charge in [-0.05, 0) is 49.2 Å². The molecule has 0 aromatic heterocycles. The standard InChI is InChI=1S/C19H20N2O3S/c1-13-5-3-7-15(9-13)20-17-11-25(23,24)12-18(17)21(19(20)22)16-8-4-6-14(2)10-16/h3-10,17-18H,11-12H2,1-2H3. The number of amides is 2. The Morgan fingerprint density at radius 3 is 1.68 bits per heavy atom. The molecule has 2 aromatic rings. The molecule has 2 amide bonds. The molecule has 0 aliphatic carbocycles. The van der Waals surface area contributed by atoms with Crippen molar-refractivity contribution < 1.29 is 13.2 Å². The van der Waals surface area contributed by atoms with Crippen molar-refractivity contribution in [1.29, 1.82) is 0 Å². The van der Waals surface area contributed by atoms with Gasteiger partial charge in [-0.1, -0.05) is 24.3 Å². The monoisotopic (exact) mass is 356 g/mol. The molecule has 130 valence electrons. The molecule has 2 saturated heterocycles. The lowest BCUT2D eigenvalue weighted by Gasteiger charge is -2.23. The third-order valence-electron chi connectivity index (χ3n) is 4.93. The van der Waals surface area contributed by atoms with E-state index in [2.05, 4.69) is 0 Å². The van der Waals surface area contributed by atoms with Crippen LogP contribution < -0.4 is 9.80 Å². The van der Waals surface area contributed by atoms with Crippen LogP contribution in [0.2, 0.25) is 0 Å². The zero-order valence-corrected chi connectivity index (χ0v) is 15.0. The van der Waals surface area contributed by atoms with Gasteiger partial charge in [0.1, 0.15) is 0 Å². The third-order valence-corrected chi connectivity index (χ3v) is 6.63. The molecule has 2 unspecified atom stereocenters. The lowest BCUT2D eigenvalue weighted by Crippen LogP contribution is -2.38. The first-order valence-corrected chi connectivity index (χ1v) is 10.1. The molecule has 0 bridgehead atoms. The molecule has 0 saturated carbocycles. The molecular formula is C19H20N2O3S. The maximum atomic E-state index is 13.2. The van der Waals surface area contributed by atoms with E-state index in [1.807, 2.05) is 62.4 Å². The highest BCUT2D eigenvalue weighted by Crippen LogP contribution is 2.38. The van der Waals surface area contributed by atoms with Gasteiger partial charge in [0.15, 0.2) is 9.84 Å². The number of rotatable bonds is 2. The SMILES string of the molecule is Cc1cccc(N2C(=O)N(c3cccc(C)c3)C3CS(=O)(=O)CC32)c1. The fourth-order valence-electron chi connectivity index (χ4n) is 3.86. The minimum absolute atomic E-state index is 0.0136. The van der Waals surface area contributed by atoms with Gasteiger partial charge in [-0.2, -0.15) is 0 Å². The van der Waals surface area contributed by atoms with Crippen LogP contribution in [0.15, 0.2) is 48.5 Å². The smallest absolute Gasteiger partial charge is 0.288 e. The van der Waals surface area contributed by atoms with Crippen molar-refractivity contribution in [2.24, 2.45) is 0 Å². The molecule has 2 aromatic carbocycles. The summed E-state index contributed by atoms with van der Waals surface area (Å²) < 4.78 is 24.5. The Balaban J connectivity index is 1.83. The quantitative estimate of drug-likeness (QED) is 0.778. The molecule has 0 spiro atoms. The second-order valence-electron chi connectivity index (χ2n) is 6.91. The van der Waals surface area contributed by atoms with E-state index in [-0.39, 0.29) is 29.6 Å². The fraction of sp³-hybridized carbons (Fsp3) is 0.316. The van der Waals surface area contributed by atoms with Crippen LogP contribution in [0.25, 0.3) is 0 Å². The van der Waals surface area contributed by atoms with Gasteiger partial charge in [-0.3, -0.25) is 9.80 Å². The Morgan fingerprint density at radius 2 is 1.28 bits per heavy atom. The third kappa shape index (κ3) is 2.70. The topological polar surface area (TPSA) is 57.7 Å². The van der Waals surface area contributed by atoms with Crippen LogP contribution in [0.3, 0.4) is 0 Å². The first kappa shape index (κ1) is 16.1. The number of fused-ring (bicyclic) bond motifs is 1. The van der Waals surface area contributed by atoms with E-state index in [0.717, 1.165) is 22.5 Å². The lowest BCUT2D eigenvalue weighted by molar-refractivity contribution is 0.255. The number of urea groups is 1. The summed E-state index contributed by atoms with van der Waals surface area (Å²) in [6.07, 6.45) is 0. The highest BCUT2D eigenvalue weighted by atomic mass is 32.2. The Kier molecular flexibility index (Phi) is 3.61. The molecule has 2 aliphatic heterocycles. The van der Waals surface area contributed by atoms with Crippen molar-refractivity contribution in [2.45, 2.75) is 25.9 Å². The lowest BCUT2D eigenvalue weighted by atomic mass is 10.1. The second kappa shape index (κ2) is 5.59. The van der Waals surface area contributed by atoms with Gasteiger partial charge in [0, 0.05) is 11.4 Å². The van der Waals surface area contributed by atoms with Crippen molar-refractivity contribution in [1.82, 2.24) is 0 Å². The summed E-state index contributed by atoms with van der Waals surface area (Å²) in [5.41, 5.74) is 3.59. The molecule has 2 atom stereocenters. The summed E-state index contributed by atoms with van der Waals surface area (Å²) in [5.74, 6) is 0.0271. The van der Waals surface area contributed by atoms with Crippen LogP contribution in [0, 0.1) is 13.8 Å². The van der Waals surface area contributed by atoms with Crippen molar-refractivity contribution in [3.63, 3.8) is 0 Å². The summed E-state index contributed by atoms with van der Waals surface area (Å²) in [7, 11) is -3.17. The summed E-state index contributed by atoms with van der Waals surface area (Å²) in [4.78, 5) is 16.5. The predicted molar refractivity (Wildman–Crippen MR) is 98.9 cm³/mol. The molecular weight excluding hydrogens is 336 g/mol. The minimum Gasteiger partial charge on any atom is -0.288 e. The van der Waals surface area contributed by atoms with Crippen LogP contribution in [0.5, 0.6) is 0 Å². The van der Waals surface area contributed by atoms with Crippen molar-refractivity contribution in [2.75, 3.05) is 21.3 Å². The minimum atomic E-state index is -3.17. The number of nitrogens with zero attached hydrogens (tertiary/aromatic N) is 2. The zero-order valence-electron chi connectivity index (χ0n) is 14.2. The summed E-state index contributed by atoms with van der Waals surface area (Å²) in [6, 6.07) is 14.5. The molecule has 5 nitrogen and oxygen atoms in total. The highest BCUT2D eigenvalue weighted by Gasteiger charge is 2.54. The van der Waals surface area contributed by atoms with Crippen LogP contribution in [-0.4, -0.2) is 38.0 Å². The zero-order chi connectivity index (χ0) is 17.8. The van der Waals surface area contributed by atoms with E-state index in [1.165, 1.54) is 0 Å². The second-order valence-corrected chi connectivity index (χ2v) is 9.07. The van der Waals surface area contributed by atoms with Gasteiger partial charge in [-0.25, -0.2) is 13.2 Å². The number of carbonyl (C=O) groups excluding carboxylic acids is 1. The van der Waals surface area contributed by atoms with Crippen LogP contribution in [0.1, 0.15) is 11.1 Å².